The van der Waals surface area contributed by atoms with Crippen LogP contribution >= 0.6 is 27.3 Å². The molecule has 0 amide bonds. The molecular formula is C8H9BrN2S. The lowest BCUT2D eigenvalue weighted by molar-refractivity contribution is 0.864. The third-order valence-corrected chi connectivity index (χ3v) is 3.35. The zero-order chi connectivity index (χ0) is 9.30. The fourth-order valence-corrected chi connectivity index (χ4v) is 3.14. The van der Waals surface area contributed by atoms with Crippen molar-refractivity contribution >= 4 is 32.3 Å². The number of hydrogen-bond acceptors (Lipinski definition) is 3. The van der Waals surface area contributed by atoms with Crippen LogP contribution in [0.2, 0.25) is 0 Å². The van der Waals surface area contributed by atoms with Gasteiger partial charge >= 0.3 is 0 Å². The molecular weight excluding hydrogens is 236 g/mol. The highest BCUT2D eigenvalue weighted by molar-refractivity contribution is 9.11. The zero-order valence-corrected chi connectivity index (χ0v) is 9.29. The van der Waals surface area contributed by atoms with E-state index in [1.807, 2.05) is 13.8 Å². The number of nitriles is 1. The van der Waals surface area contributed by atoms with Crippen LogP contribution < -0.4 is 5.73 Å². The SMILES string of the molecule is CC(C)c1c(Br)sc(N)c1C#N. The molecule has 0 aliphatic carbocycles. The molecule has 1 aromatic heterocycles. The Hall–Kier alpha value is -0.530. The number of nitrogens with two attached hydrogens (primary N) is 1. The Labute approximate surface area is 84.1 Å². The van der Waals surface area contributed by atoms with Crippen LogP contribution in [0.15, 0.2) is 3.79 Å². The molecule has 12 heavy (non-hydrogen) atoms. The summed E-state index contributed by atoms with van der Waals surface area (Å²) in [7, 11) is 0. The van der Waals surface area contributed by atoms with Crippen LogP contribution in [0.1, 0.15) is 30.9 Å². The minimum atomic E-state index is 0.336. The summed E-state index contributed by atoms with van der Waals surface area (Å²) in [5.41, 5.74) is 7.31. The third-order valence-electron chi connectivity index (χ3n) is 1.62. The molecule has 0 saturated carbocycles. The number of anilines is 1. The minimum absolute atomic E-state index is 0.336. The highest BCUT2D eigenvalue weighted by atomic mass is 79.9. The van der Waals surface area contributed by atoms with Gasteiger partial charge in [-0.2, -0.15) is 5.26 Å². The summed E-state index contributed by atoms with van der Waals surface area (Å²) in [5, 5.41) is 9.42. The van der Waals surface area contributed by atoms with Gasteiger partial charge in [-0.1, -0.05) is 13.8 Å². The first kappa shape index (κ1) is 9.56. The summed E-state index contributed by atoms with van der Waals surface area (Å²) >= 11 is 4.82. The lowest BCUT2D eigenvalue weighted by Crippen LogP contribution is -1.91. The molecule has 0 unspecified atom stereocenters. The molecule has 0 aromatic carbocycles. The molecule has 64 valence electrons. The summed E-state index contributed by atoms with van der Waals surface area (Å²) in [5.74, 6) is 0.336. The molecule has 0 radical (unpaired) electrons. The lowest BCUT2D eigenvalue weighted by atomic mass is 10.0. The Morgan fingerprint density at radius 3 is 2.50 bits per heavy atom. The maximum Gasteiger partial charge on any atom is 0.105 e. The Morgan fingerprint density at radius 2 is 2.17 bits per heavy atom. The van der Waals surface area contributed by atoms with Crippen molar-refractivity contribution in [2.75, 3.05) is 5.73 Å². The zero-order valence-electron chi connectivity index (χ0n) is 6.89. The van der Waals surface area contributed by atoms with Crippen molar-refractivity contribution in [3.8, 4) is 6.07 Å². The maximum atomic E-state index is 8.82. The topological polar surface area (TPSA) is 49.8 Å². The van der Waals surface area contributed by atoms with Gasteiger partial charge in [-0.15, -0.1) is 11.3 Å². The molecule has 0 atom stereocenters. The largest absolute Gasteiger partial charge is 0.389 e. The van der Waals surface area contributed by atoms with Crippen LogP contribution in [-0.2, 0) is 0 Å². The average Bonchev–Trinajstić information content (AvgIpc) is 2.24. The van der Waals surface area contributed by atoms with Gasteiger partial charge < -0.3 is 5.73 Å². The molecule has 0 spiro atoms. The first-order chi connectivity index (χ1) is 5.57. The average molecular weight is 245 g/mol. The van der Waals surface area contributed by atoms with Crippen molar-refractivity contribution in [2.24, 2.45) is 0 Å². The predicted octanol–water partition coefficient (Wildman–Crippen LogP) is 3.09. The van der Waals surface area contributed by atoms with Crippen molar-refractivity contribution in [2.45, 2.75) is 19.8 Å². The van der Waals surface area contributed by atoms with Crippen molar-refractivity contribution in [3.63, 3.8) is 0 Å². The van der Waals surface area contributed by atoms with Gasteiger partial charge in [0.2, 0.25) is 0 Å². The van der Waals surface area contributed by atoms with Crippen molar-refractivity contribution in [1.29, 1.82) is 5.26 Å². The Bertz CT molecular complexity index is 336. The molecule has 1 rings (SSSR count). The summed E-state index contributed by atoms with van der Waals surface area (Å²) in [6.07, 6.45) is 0. The molecule has 1 heterocycles. The summed E-state index contributed by atoms with van der Waals surface area (Å²) in [6, 6.07) is 2.12. The lowest BCUT2D eigenvalue weighted by Gasteiger charge is -2.02. The van der Waals surface area contributed by atoms with Crippen molar-refractivity contribution < 1.29 is 0 Å². The van der Waals surface area contributed by atoms with Gasteiger partial charge in [0, 0.05) is 0 Å². The number of thiophene rings is 1. The minimum Gasteiger partial charge on any atom is -0.389 e. The van der Waals surface area contributed by atoms with Crippen LogP contribution in [0, 0.1) is 11.3 Å². The summed E-state index contributed by atoms with van der Waals surface area (Å²) in [4.78, 5) is 0. The van der Waals surface area contributed by atoms with E-state index in [1.165, 1.54) is 11.3 Å². The van der Waals surface area contributed by atoms with E-state index in [1.54, 1.807) is 0 Å². The van der Waals surface area contributed by atoms with Gasteiger partial charge in [0.1, 0.15) is 11.1 Å². The Morgan fingerprint density at radius 1 is 1.58 bits per heavy atom. The van der Waals surface area contributed by atoms with E-state index in [2.05, 4.69) is 22.0 Å². The molecule has 1 aromatic rings. The van der Waals surface area contributed by atoms with Gasteiger partial charge in [0.15, 0.2) is 0 Å². The van der Waals surface area contributed by atoms with Crippen LogP contribution in [0.25, 0.3) is 0 Å². The molecule has 4 heteroatoms. The second-order valence-corrected chi connectivity index (χ2v) is 5.17. The number of nitrogen functional groups attached to an aromatic ring is 1. The second kappa shape index (κ2) is 3.46. The fraction of sp³-hybridized carbons (Fsp3) is 0.375. The van der Waals surface area contributed by atoms with Gasteiger partial charge in [-0.25, -0.2) is 0 Å². The second-order valence-electron chi connectivity index (χ2n) is 2.80. The smallest absolute Gasteiger partial charge is 0.105 e. The number of nitrogens with zero attached hydrogens (tertiary/aromatic N) is 1. The van der Waals surface area contributed by atoms with Crippen LogP contribution in [0.3, 0.4) is 0 Å². The first-order valence-electron chi connectivity index (χ1n) is 3.55. The van der Waals surface area contributed by atoms with E-state index < -0.39 is 0 Å². The molecule has 2 N–H and O–H groups in total. The van der Waals surface area contributed by atoms with Gasteiger partial charge in [-0.05, 0) is 27.4 Å². The van der Waals surface area contributed by atoms with Crippen LogP contribution in [0.5, 0.6) is 0 Å². The quantitative estimate of drug-likeness (QED) is 0.826. The number of hydrogen-bond donors (Lipinski definition) is 1. The Kier molecular flexibility index (Phi) is 2.76. The van der Waals surface area contributed by atoms with Crippen molar-refractivity contribution in [1.82, 2.24) is 0 Å². The van der Waals surface area contributed by atoms with E-state index in [-0.39, 0.29) is 0 Å². The summed E-state index contributed by atoms with van der Waals surface area (Å²) in [6.45, 7) is 4.10. The van der Waals surface area contributed by atoms with Crippen molar-refractivity contribution in [3.05, 3.63) is 14.9 Å². The van der Waals surface area contributed by atoms with Gasteiger partial charge in [-0.3, -0.25) is 0 Å². The monoisotopic (exact) mass is 244 g/mol. The predicted molar refractivity (Wildman–Crippen MR) is 55.2 cm³/mol. The van der Waals surface area contributed by atoms with E-state index in [9.17, 15) is 0 Å². The molecule has 0 bridgehead atoms. The third kappa shape index (κ3) is 1.47. The number of rotatable bonds is 1. The molecule has 0 fully saturated rings. The standard InChI is InChI=1S/C8H9BrN2S/c1-4(2)6-5(3-10)8(11)12-7(6)9/h4H,11H2,1-2H3. The molecule has 2 nitrogen and oxygen atoms in total. The molecule has 0 aliphatic heterocycles. The summed E-state index contributed by atoms with van der Waals surface area (Å²) < 4.78 is 0.978. The normalized spacial score (nSPS) is 10.2. The molecule has 0 saturated heterocycles. The van der Waals surface area contributed by atoms with Crippen LogP contribution in [0.4, 0.5) is 5.00 Å². The Balaban J connectivity index is 3.35. The fourth-order valence-electron chi connectivity index (χ4n) is 1.06. The van der Waals surface area contributed by atoms with E-state index in [0.717, 1.165) is 9.35 Å². The van der Waals surface area contributed by atoms with E-state index in [4.69, 9.17) is 11.0 Å². The molecule has 0 aliphatic rings. The maximum absolute atomic E-state index is 8.82. The van der Waals surface area contributed by atoms with E-state index >= 15 is 0 Å². The number of halogens is 1. The van der Waals surface area contributed by atoms with Gasteiger partial charge in [0.25, 0.3) is 0 Å². The van der Waals surface area contributed by atoms with E-state index in [0.29, 0.717) is 16.5 Å². The first-order valence-corrected chi connectivity index (χ1v) is 5.16. The highest BCUT2D eigenvalue weighted by Gasteiger charge is 2.16. The van der Waals surface area contributed by atoms with Gasteiger partial charge in [0.05, 0.1) is 9.35 Å². The highest BCUT2D eigenvalue weighted by Crippen LogP contribution is 2.38. The van der Waals surface area contributed by atoms with Crippen LogP contribution in [-0.4, -0.2) is 0 Å².